The van der Waals surface area contributed by atoms with Gasteiger partial charge in [0.15, 0.2) is 6.04 Å². The largest absolute Gasteiger partial charge is 0.480 e. The lowest BCUT2D eigenvalue weighted by Gasteiger charge is -2.37. The molecule has 13 heteroatoms. The van der Waals surface area contributed by atoms with E-state index in [-0.39, 0.29) is 36.9 Å². The highest BCUT2D eigenvalue weighted by molar-refractivity contribution is 7.10. The molecule has 4 saturated carbocycles. The molecule has 4 unspecified atom stereocenters. The number of carbonyl (C=O) groups excluding carboxylic acids is 4. The van der Waals surface area contributed by atoms with Gasteiger partial charge in [-0.15, -0.1) is 11.3 Å². The molecule has 4 aliphatic carbocycles. The van der Waals surface area contributed by atoms with E-state index in [1.807, 2.05) is 29.8 Å². The minimum atomic E-state index is -1.25. The molecule has 12 nitrogen and oxygen atoms in total. The van der Waals surface area contributed by atoms with Gasteiger partial charge in [0, 0.05) is 12.4 Å². The van der Waals surface area contributed by atoms with Crippen molar-refractivity contribution in [2.45, 2.75) is 165 Å². The second-order valence-electron chi connectivity index (χ2n) is 18.6. The summed E-state index contributed by atoms with van der Waals surface area (Å²) in [6.45, 7) is -0.256. The monoisotopic (exact) mass is 855 g/mol. The molecule has 2 saturated heterocycles. The molecule has 0 spiro atoms. The number of pyridine rings is 1. The Kier molecular flexibility index (Phi) is 16.3. The van der Waals surface area contributed by atoms with Gasteiger partial charge in [0.2, 0.25) is 17.7 Å². The first-order valence-corrected chi connectivity index (χ1v) is 24.0. The van der Waals surface area contributed by atoms with Crippen LogP contribution in [0.5, 0.6) is 0 Å². The van der Waals surface area contributed by atoms with Gasteiger partial charge in [-0.1, -0.05) is 68.9 Å². The third-order valence-electron chi connectivity index (χ3n) is 14.5. The van der Waals surface area contributed by atoms with Crippen molar-refractivity contribution in [2.24, 2.45) is 29.6 Å². The zero-order valence-corrected chi connectivity index (χ0v) is 36.3. The number of carboxylic acid groups (broad SMARTS) is 1. The normalized spacial score (nSPS) is 32.7. The van der Waals surface area contributed by atoms with E-state index in [0.717, 1.165) is 62.2 Å². The Balaban J connectivity index is 1.14. The number of nitrogens with one attached hydrogen (secondary N) is 4. The van der Waals surface area contributed by atoms with E-state index < -0.39 is 53.8 Å². The minimum absolute atomic E-state index is 0.0456. The molecule has 6 aliphatic rings. The first kappa shape index (κ1) is 44.8. The van der Waals surface area contributed by atoms with Gasteiger partial charge in [-0.3, -0.25) is 24.2 Å². The number of thiophene rings is 1. The minimum Gasteiger partial charge on any atom is -0.480 e. The van der Waals surface area contributed by atoms with Crippen molar-refractivity contribution in [2.75, 3.05) is 6.61 Å². The summed E-state index contributed by atoms with van der Waals surface area (Å²) in [7, 11) is 0. The fourth-order valence-corrected chi connectivity index (χ4v) is 11.5. The molecule has 4 atom stereocenters. The van der Waals surface area contributed by atoms with Crippen LogP contribution in [0.3, 0.4) is 0 Å². The number of amides is 4. The van der Waals surface area contributed by atoms with Crippen LogP contribution in [0, 0.1) is 41.4 Å². The Bertz CT molecular complexity index is 1820. The van der Waals surface area contributed by atoms with Gasteiger partial charge in [-0.2, -0.15) is 0 Å². The lowest BCUT2D eigenvalue weighted by atomic mass is 9.70. The van der Waals surface area contributed by atoms with E-state index in [1.165, 1.54) is 49.0 Å². The number of rotatable bonds is 7. The number of nitrogens with zero attached hydrogens (tertiary/aromatic N) is 1. The molecule has 5 N–H and O–H groups in total. The van der Waals surface area contributed by atoms with Crippen LogP contribution in [0.4, 0.5) is 0 Å². The van der Waals surface area contributed by atoms with Crippen molar-refractivity contribution in [3.8, 4) is 11.8 Å². The quantitative estimate of drug-likeness (QED) is 0.152. The molecule has 4 heterocycles. The number of fused-ring (bicyclic) bond motifs is 16. The predicted octanol–water partition coefficient (Wildman–Crippen LogP) is 6.64. The maximum absolute atomic E-state index is 14.7. The molecule has 61 heavy (non-hydrogen) atoms. The molecule has 4 amide bonds. The Morgan fingerprint density at radius 1 is 0.738 bits per heavy atom. The summed E-state index contributed by atoms with van der Waals surface area (Å²) in [6, 6.07) is 3.37. The highest BCUT2D eigenvalue weighted by Gasteiger charge is 2.37. The average Bonchev–Trinajstić information content (AvgIpc) is 3.81. The topological polar surface area (TPSA) is 176 Å². The van der Waals surface area contributed by atoms with Gasteiger partial charge in [-0.05, 0) is 142 Å². The fourth-order valence-electron chi connectivity index (χ4n) is 10.9. The predicted molar refractivity (Wildman–Crippen MR) is 233 cm³/mol. The van der Waals surface area contributed by atoms with E-state index in [1.54, 1.807) is 6.20 Å². The van der Waals surface area contributed by atoms with Crippen molar-refractivity contribution in [1.29, 1.82) is 0 Å². The Morgan fingerprint density at radius 3 is 2.03 bits per heavy atom. The molecular weight excluding hydrogens is 791 g/mol. The first-order chi connectivity index (χ1) is 29.7. The summed E-state index contributed by atoms with van der Waals surface area (Å²) in [5, 5.41) is 23.9. The van der Waals surface area contributed by atoms with Gasteiger partial charge in [-0.25, -0.2) is 4.79 Å². The summed E-state index contributed by atoms with van der Waals surface area (Å²) < 4.78 is 6.00. The van der Waals surface area contributed by atoms with Crippen molar-refractivity contribution in [1.82, 2.24) is 26.3 Å². The van der Waals surface area contributed by atoms with Gasteiger partial charge in [0.05, 0.1) is 11.0 Å². The van der Waals surface area contributed by atoms with Crippen LogP contribution >= 0.6 is 11.3 Å². The number of carboxylic acids is 1. The molecular formula is C48H65N5O7S. The number of ether oxygens (including phenoxy) is 1. The lowest BCUT2D eigenvalue weighted by molar-refractivity contribution is -0.143. The molecule has 2 aromatic heterocycles. The van der Waals surface area contributed by atoms with Crippen molar-refractivity contribution >= 4 is 40.9 Å². The van der Waals surface area contributed by atoms with Crippen molar-refractivity contribution in [3.05, 3.63) is 52.5 Å². The Labute approximate surface area is 364 Å². The van der Waals surface area contributed by atoms with E-state index in [4.69, 9.17) is 4.74 Å². The zero-order valence-electron chi connectivity index (χ0n) is 35.5. The number of hydrogen-bond donors (Lipinski definition) is 5. The Hall–Kier alpha value is -4.28. The second-order valence-corrected chi connectivity index (χ2v) is 19.6. The summed E-state index contributed by atoms with van der Waals surface area (Å²) in [4.78, 5) is 74.4. The van der Waals surface area contributed by atoms with Crippen LogP contribution in [0.25, 0.3) is 0 Å². The maximum atomic E-state index is 14.7. The highest BCUT2D eigenvalue weighted by Crippen LogP contribution is 2.41. The molecule has 0 aromatic carbocycles. The van der Waals surface area contributed by atoms with Crippen LogP contribution in [-0.2, 0) is 28.7 Å². The van der Waals surface area contributed by atoms with Gasteiger partial charge < -0.3 is 31.1 Å². The number of aromatic nitrogens is 1. The van der Waals surface area contributed by atoms with Gasteiger partial charge >= 0.3 is 5.97 Å². The van der Waals surface area contributed by atoms with Gasteiger partial charge in [0.1, 0.15) is 24.7 Å². The molecule has 2 aromatic rings. The van der Waals surface area contributed by atoms with E-state index >= 15 is 0 Å². The van der Waals surface area contributed by atoms with Crippen molar-refractivity contribution < 1.29 is 33.8 Å². The van der Waals surface area contributed by atoms with E-state index in [9.17, 15) is 29.1 Å². The molecule has 2 bridgehead atoms. The van der Waals surface area contributed by atoms with Gasteiger partial charge in [0.25, 0.3) is 5.91 Å². The first-order valence-electron chi connectivity index (χ1n) is 23.2. The smallest absolute Gasteiger partial charge is 0.326 e. The molecule has 2 aliphatic heterocycles. The molecule has 8 rings (SSSR count). The lowest BCUT2D eigenvalue weighted by Crippen LogP contribution is -2.58. The second kappa shape index (κ2) is 22.2. The number of aliphatic carboxylic acids is 1. The highest BCUT2D eigenvalue weighted by atomic mass is 32.1. The maximum Gasteiger partial charge on any atom is 0.326 e. The summed E-state index contributed by atoms with van der Waals surface area (Å²) in [5.41, 5.74) is 1.20. The fraction of sp³-hybridized carbons (Fsp3) is 0.667. The van der Waals surface area contributed by atoms with Crippen LogP contribution in [0.2, 0.25) is 0 Å². The summed E-state index contributed by atoms with van der Waals surface area (Å²) in [5.74, 6) is 4.92. The summed E-state index contributed by atoms with van der Waals surface area (Å²) >= 11 is 1.42. The van der Waals surface area contributed by atoms with Crippen LogP contribution in [-0.4, -0.2) is 76.6 Å². The van der Waals surface area contributed by atoms with Crippen LogP contribution < -0.4 is 21.3 Å². The Morgan fingerprint density at radius 2 is 1.39 bits per heavy atom. The van der Waals surface area contributed by atoms with Crippen LogP contribution in [0.15, 0.2) is 42.0 Å². The summed E-state index contributed by atoms with van der Waals surface area (Å²) in [6.07, 6.45) is 21.3. The molecule has 6 fully saturated rings. The third kappa shape index (κ3) is 13.1. The number of hydrogen-bond acceptors (Lipinski definition) is 8. The third-order valence-corrected chi connectivity index (χ3v) is 15.3. The van der Waals surface area contributed by atoms with Crippen LogP contribution in [0.1, 0.15) is 145 Å². The van der Waals surface area contributed by atoms with Crippen molar-refractivity contribution in [3.63, 3.8) is 0 Å². The zero-order chi connectivity index (χ0) is 42.6. The molecule has 0 radical (unpaired) electrons. The number of carbonyl (C=O) groups is 5. The average molecular weight is 856 g/mol. The SMILES string of the molecule is O=C1COC2CCC(CC2)CC(C(=O)O)NC(=O)C(CC2CCC(c3cccnc3)CC2)NC(=O)C(CC2CCC(C3CCCCC3)CC2)NC(=O)C(C#Cc2cccs2)N1. The van der Waals surface area contributed by atoms with E-state index in [2.05, 4.69) is 44.2 Å². The van der Waals surface area contributed by atoms with E-state index in [0.29, 0.717) is 50.4 Å². The molecule has 330 valence electrons. The standard InChI is InChI=1S/C48H65N5O7S/c54-44-30-60-38-20-14-33(15-21-38)28-43(48(58)59)53-47(57)42(27-32-12-18-36(19-13-32)37-8-4-24-49-29-37)52-46(56)41(51-45(55)40(50-44)23-22-39-9-5-25-61-39)26-31-10-16-35(17-11-31)34-6-2-1-3-7-34/h4-5,8-9,24-25,29,31-36,38,40-43H,1-3,6-7,10-21,26-28,30H2,(H,50,54)(H,51,55)(H,52,56)(H,53,57)(H,58,59).